The van der Waals surface area contributed by atoms with Crippen LogP contribution in [0.25, 0.3) is 0 Å². The molecule has 0 atom stereocenters. The number of benzene rings is 1. The summed E-state index contributed by atoms with van der Waals surface area (Å²) in [7, 11) is 3.17. The van der Waals surface area contributed by atoms with E-state index in [0.717, 1.165) is 18.5 Å². The molecule has 0 fully saturated rings. The smallest absolute Gasteiger partial charge is 0.343 e. The molecule has 0 heterocycles. The van der Waals surface area contributed by atoms with Crippen molar-refractivity contribution in [2.75, 3.05) is 27.3 Å². The topological polar surface area (TPSA) is 76.7 Å². The highest BCUT2D eigenvalue weighted by atomic mass is 35.5. The number of esters is 1. The highest BCUT2D eigenvalue weighted by Gasteiger charge is 2.04. The first-order chi connectivity index (χ1) is 10.2. The Bertz CT molecular complexity index is 469. The Balaban J connectivity index is 0.00000441. The van der Waals surface area contributed by atoms with Crippen molar-refractivity contribution in [3.05, 3.63) is 29.8 Å². The van der Waals surface area contributed by atoms with Crippen LogP contribution in [0.5, 0.6) is 5.75 Å². The molecule has 0 unspecified atom stereocenters. The molecule has 7 heteroatoms. The van der Waals surface area contributed by atoms with Crippen molar-refractivity contribution in [2.24, 2.45) is 0 Å². The maximum Gasteiger partial charge on any atom is 0.343 e. The Labute approximate surface area is 137 Å². The number of carbonyl (C=O) groups is 2. The van der Waals surface area contributed by atoms with Crippen LogP contribution in [-0.4, -0.2) is 39.2 Å². The van der Waals surface area contributed by atoms with Crippen molar-refractivity contribution in [2.45, 2.75) is 19.4 Å². The van der Waals surface area contributed by atoms with Crippen molar-refractivity contribution in [1.29, 1.82) is 0 Å². The number of hydrogen-bond donors (Lipinski definition) is 2. The third kappa shape index (κ3) is 8.49. The van der Waals surface area contributed by atoms with E-state index in [1.54, 1.807) is 12.1 Å². The van der Waals surface area contributed by atoms with Gasteiger partial charge in [0.25, 0.3) is 0 Å². The number of amides is 1. The molecule has 0 bridgehead atoms. The molecule has 124 valence electrons. The number of halogens is 1. The van der Waals surface area contributed by atoms with Crippen LogP contribution in [0.2, 0.25) is 0 Å². The van der Waals surface area contributed by atoms with Gasteiger partial charge in [-0.1, -0.05) is 12.1 Å². The van der Waals surface area contributed by atoms with Gasteiger partial charge in [0.15, 0.2) is 6.61 Å². The van der Waals surface area contributed by atoms with Crippen LogP contribution in [0.1, 0.15) is 18.4 Å². The summed E-state index contributed by atoms with van der Waals surface area (Å²) in [6.45, 7) is 1.13. The minimum Gasteiger partial charge on any atom is -0.482 e. The van der Waals surface area contributed by atoms with Crippen molar-refractivity contribution in [3.8, 4) is 5.75 Å². The SMILES string of the molecule is CNCCCC(=O)NCc1cccc(OCC(=O)OC)c1.Cl. The van der Waals surface area contributed by atoms with E-state index < -0.39 is 5.97 Å². The molecule has 0 spiro atoms. The Morgan fingerprint density at radius 3 is 2.73 bits per heavy atom. The Hall–Kier alpha value is -1.79. The summed E-state index contributed by atoms with van der Waals surface area (Å²) in [4.78, 5) is 22.6. The fraction of sp³-hybridized carbons (Fsp3) is 0.467. The summed E-state index contributed by atoms with van der Waals surface area (Å²) < 4.78 is 9.79. The number of carbonyl (C=O) groups excluding carboxylic acids is 2. The molecule has 1 aromatic carbocycles. The van der Waals surface area contributed by atoms with Crippen molar-refractivity contribution in [3.63, 3.8) is 0 Å². The minimum atomic E-state index is -0.432. The van der Waals surface area contributed by atoms with Gasteiger partial charge in [0.05, 0.1) is 7.11 Å². The lowest BCUT2D eigenvalue weighted by Gasteiger charge is -2.08. The molecule has 0 aromatic heterocycles. The first kappa shape index (κ1) is 20.2. The fourth-order valence-electron chi connectivity index (χ4n) is 1.66. The molecule has 0 saturated carbocycles. The van der Waals surface area contributed by atoms with Gasteiger partial charge in [-0.3, -0.25) is 4.79 Å². The van der Waals surface area contributed by atoms with E-state index in [4.69, 9.17) is 4.74 Å². The van der Waals surface area contributed by atoms with Crippen LogP contribution in [0.4, 0.5) is 0 Å². The molecule has 0 radical (unpaired) electrons. The largest absolute Gasteiger partial charge is 0.482 e. The quantitative estimate of drug-likeness (QED) is 0.527. The second kappa shape index (κ2) is 11.8. The van der Waals surface area contributed by atoms with Crippen molar-refractivity contribution in [1.82, 2.24) is 10.6 Å². The highest BCUT2D eigenvalue weighted by Crippen LogP contribution is 2.13. The van der Waals surface area contributed by atoms with Crippen LogP contribution in [0.15, 0.2) is 24.3 Å². The van der Waals surface area contributed by atoms with Crippen LogP contribution in [-0.2, 0) is 20.9 Å². The maximum atomic E-state index is 11.6. The standard InChI is InChI=1S/C15H22N2O4.ClH/c1-16-8-4-7-14(18)17-10-12-5-3-6-13(9-12)21-11-15(19)20-2;/h3,5-6,9,16H,4,7-8,10-11H2,1-2H3,(H,17,18);1H. The van der Waals surface area contributed by atoms with Gasteiger partial charge in [0.1, 0.15) is 5.75 Å². The zero-order chi connectivity index (χ0) is 15.5. The van der Waals surface area contributed by atoms with Crippen LogP contribution >= 0.6 is 12.4 Å². The molecule has 0 aliphatic heterocycles. The van der Waals surface area contributed by atoms with Gasteiger partial charge >= 0.3 is 5.97 Å². The zero-order valence-electron chi connectivity index (χ0n) is 12.9. The lowest BCUT2D eigenvalue weighted by atomic mass is 10.2. The molecule has 22 heavy (non-hydrogen) atoms. The molecule has 0 aliphatic carbocycles. The van der Waals surface area contributed by atoms with E-state index in [1.165, 1.54) is 7.11 Å². The number of nitrogens with one attached hydrogen (secondary N) is 2. The summed E-state index contributed by atoms with van der Waals surface area (Å²) >= 11 is 0. The van der Waals surface area contributed by atoms with Crippen LogP contribution in [0, 0.1) is 0 Å². The predicted molar refractivity (Wildman–Crippen MR) is 86.2 cm³/mol. The molecule has 1 rings (SSSR count). The number of methoxy groups -OCH3 is 1. The molecule has 1 aromatic rings. The van der Waals surface area contributed by atoms with Gasteiger partial charge in [-0.25, -0.2) is 4.79 Å². The third-order valence-corrected chi connectivity index (χ3v) is 2.80. The van der Waals surface area contributed by atoms with Crippen molar-refractivity contribution < 1.29 is 19.1 Å². The monoisotopic (exact) mass is 330 g/mol. The van der Waals surface area contributed by atoms with Crippen LogP contribution in [0.3, 0.4) is 0 Å². The Morgan fingerprint density at radius 2 is 2.05 bits per heavy atom. The fourth-order valence-corrected chi connectivity index (χ4v) is 1.66. The zero-order valence-corrected chi connectivity index (χ0v) is 13.7. The number of ether oxygens (including phenoxy) is 2. The average Bonchev–Trinajstić information content (AvgIpc) is 2.51. The average molecular weight is 331 g/mol. The first-order valence-corrected chi connectivity index (χ1v) is 6.85. The molecule has 6 nitrogen and oxygen atoms in total. The summed E-state index contributed by atoms with van der Waals surface area (Å²) in [6, 6.07) is 7.24. The van der Waals surface area contributed by atoms with E-state index in [-0.39, 0.29) is 24.9 Å². The molecule has 1 amide bonds. The molecule has 2 N–H and O–H groups in total. The van der Waals surface area contributed by atoms with Gasteiger partial charge < -0.3 is 20.1 Å². The number of rotatable bonds is 9. The predicted octanol–water partition coefficient (Wildman–Crippen LogP) is 1.28. The van der Waals surface area contributed by atoms with Gasteiger partial charge in [-0.2, -0.15) is 0 Å². The maximum absolute atomic E-state index is 11.6. The third-order valence-electron chi connectivity index (χ3n) is 2.80. The molecular formula is C15H23ClN2O4. The van der Waals surface area contributed by atoms with E-state index in [0.29, 0.717) is 18.7 Å². The van der Waals surface area contributed by atoms with Gasteiger partial charge in [0, 0.05) is 13.0 Å². The first-order valence-electron chi connectivity index (χ1n) is 6.85. The molecule has 0 saturated heterocycles. The van der Waals surface area contributed by atoms with Gasteiger partial charge in [0.2, 0.25) is 5.91 Å². The summed E-state index contributed by atoms with van der Waals surface area (Å²) in [5, 5.41) is 5.85. The summed E-state index contributed by atoms with van der Waals surface area (Å²) in [5.41, 5.74) is 0.916. The van der Waals surface area contributed by atoms with E-state index in [1.807, 2.05) is 19.2 Å². The van der Waals surface area contributed by atoms with Gasteiger partial charge in [-0.05, 0) is 37.7 Å². The highest BCUT2D eigenvalue weighted by molar-refractivity contribution is 5.85. The normalized spacial score (nSPS) is 9.55. The second-order valence-electron chi connectivity index (χ2n) is 4.50. The molecule has 0 aliphatic rings. The summed E-state index contributed by atoms with van der Waals surface area (Å²) in [5.74, 6) is 0.159. The molecular weight excluding hydrogens is 308 g/mol. The van der Waals surface area contributed by atoms with Crippen LogP contribution < -0.4 is 15.4 Å². The van der Waals surface area contributed by atoms with E-state index in [9.17, 15) is 9.59 Å². The van der Waals surface area contributed by atoms with Crippen molar-refractivity contribution >= 4 is 24.3 Å². The Morgan fingerprint density at radius 1 is 1.27 bits per heavy atom. The second-order valence-corrected chi connectivity index (χ2v) is 4.50. The van der Waals surface area contributed by atoms with E-state index >= 15 is 0 Å². The minimum absolute atomic E-state index is 0. The van der Waals surface area contributed by atoms with E-state index in [2.05, 4.69) is 15.4 Å². The summed E-state index contributed by atoms with van der Waals surface area (Å²) in [6.07, 6.45) is 1.31. The number of hydrogen-bond acceptors (Lipinski definition) is 5. The van der Waals surface area contributed by atoms with Gasteiger partial charge in [-0.15, -0.1) is 12.4 Å². The lowest BCUT2D eigenvalue weighted by molar-refractivity contribution is -0.142. The Kier molecular flexibility index (Phi) is 10.9. The lowest BCUT2D eigenvalue weighted by Crippen LogP contribution is -2.23.